The van der Waals surface area contributed by atoms with Crippen molar-refractivity contribution in [1.82, 2.24) is 15.4 Å². The van der Waals surface area contributed by atoms with Crippen LogP contribution in [0.1, 0.15) is 43.0 Å². The van der Waals surface area contributed by atoms with Gasteiger partial charge in [-0.2, -0.15) is 0 Å². The molecule has 0 bridgehead atoms. The first-order chi connectivity index (χ1) is 18.7. The van der Waals surface area contributed by atoms with Gasteiger partial charge in [0.2, 0.25) is 5.91 Å². The third-order valence-corrected chi connectivity index (χ3v) is 7.64. The number of aromatic nitrogens is 1. The molecule has 0 saturated carbocycles. The predicted octanol–water partition coefficient (Wildman–Crippen LogP) is 5.46. The number of carbonyl (C=O) groups is 1. The molecule has 11 heteroatoms. The average molecular weight is 549 g/mol. The number of halogens is 4. The molecule has 2 heterocycles. The number of amides is 1. The van der Waals surface area contributed by atoms with Crippen molar-refractivity contribution in [2.24, 2.45) is 5.41 Å². The van der Waals surface area contributed by atoms with Crippen molar-refractivity contribution in [3.05, 3.63) is 65.1 Å². The Balaban J connectivity index is 1.40. The van der Waals surface area contributed by atoms with Crippen LogP contribution < -0.4 is 15.5 Å². The van der Waals surface area contributed by atoms with Crippen molar-refractivity contribution in [2.75, 3.05) is 38.6 Å². The number of aryl methyl sites for hydroxylation is 1. The molecule has 39 heavy (non-hydrogen) atoms. The first-order valence-electron chi connectivity index (χ1n) is 12.8. The van der Waals surface area contributed by atoms with Crippen molar-refractivity contribution in [3.8, 4) is 5.75 Å². The fourth-order valence-corrected chi connectivity index (χ4v) is 5.33. The molecular weight excluding hydrogens is 516 g/mol. The van der Waals surface area contributed by atoms with Gasteiger partial charge in [0.1, 0.15) is 17.7 Å². The number of carbonyl (C=O) groups excluding carboxylic acids is 1. The lowest BCUT2D eigenvalue weighted by Gasteiger charge is -2.40. The predicted molar refractivity (Wildman–Crippen MR) is 139 cm³/mol. The van der Waals surface area contributed by atoms with Crippen molar-refractivity contribution in [3.63, 3.8) is 0 Å². The second-order valence-electron chi connectivity index (χ2n) is 9.98. The van der Waals surface area contributed by atoms with Crippen molar-refractivity contribution in [1.29, 1.82) is 0 Å². The van der Waals surface area contributed by atoms with Crippen LogP contribution in [0.25, 0.3) is 10.9 Å². The van der Waals surface area contributed by atoms with Crippen molar-refractivity contribution < 1.29 is 32.3 Å². The fraction of sp³-hybridized carbons (Fsp3) is 0.429. The summed E-state index contributed by atoms with van der Waals surface area (Å²) in [6.07, 6.45) is 1.29. The van der Waals surface area contributed by atoms with Gasteiger partial charge in [0.25, 0.3) is 0 Å². The van der Waals surface area contributed by atoms with Gasteiger partial charge in [-0.05, 0) is 75.0 Å². The second-order valence-corrected chi connectivity index (χ2v) is 9.98. The summed E-state index contributed by atoms with van der Waals surface area (Å²) in [5.41, 5.74) is 2.38. The van der Waals surface area contributed by atoms with Gasteiger partial charge >= 0.3 is 0 Å². The number of benzene rings is 2. The Morgan fingerprint density at radius 2 is 1.95 bits per heavy atom. The highest BCUT2D eigenvalue weighted by molar-refractivity contribution is 5.85. The van der Waals surface area contributed by atoms with Crippen LogP contribution in [0.15, 0.2) is 36.5 Å². The van der Waals surface area contributed by atoms with Gasteiger partial charge in [-0.15, -0.1) is 0 Å². The average Bonchev–Trinajstić information content (AvgIpc) is 2.94. The van der Waals surface area contributed by atoms with Crippen LogP contribution in [0.4, 0.5) is 23.2 Å². The summed E-state index contributed by atoms with van der Waals surface area (Å²) in [7, 11) is 1.54. The Kier molecular flexibility index (Phi) is 8.91. The zero-order valence-corrected chi connectivity index (χ0v) is 21.9. The highest BCUT2D eigenvalue weighted by atomic mass is 19.2. The van der Waals surface area contributed by atoms with E-state index in [1.165, 1.54) is 7.11 Å². The Bertz CT molecular complexity index is 1330. The molecule has 1 aliphatic rings. The number of pyridine rings is 1. The number of hydrogen-bond donors (Lipinski definition) is 3. The van der Waals surface area contributed by atoms with E-state index < -0.39 is 34.9 Å². The first kappa shape index (κ1) is 28.6. The van der Waals surface area contributed by atoms with E-state index in [1.54, 1.807) is 36.8 Å². The molecular formula is C28H32F4N4O3. The van der Waals surface area contributed by atoms with E-state index in [4.69, 9.17) is 4.74 Å². The van der Waals surface area contributed by atoms with Crippen LogP contribution >= 0.6 is 0 Å². The van der Waals surface area contributed by atoms with E-state index >= 15 is 4.39 Å². The highest BCUT2D eigenvalue weighted by Crippen LogP contribution is 2.41. The Hall–Kier alpha value is -3.44. The van der Waals surface area contributed by atoms with Gasteiger partial charge in [0.05, 0.1) is 23.7 Å². The molecule has 1 aliphatic heterocycles. The largest absolute Gasteiger partial charge is 0.497 e. The first-order valence-corrected chi connectivity index (χ1v) is 12.8. The summed E-state index contributed by atoms with van der Waals surface area (Å²) in [6.45, 7) is 3.40. The number of alkyl halides is 1. The summed E-state index contributed by atoms with van der Waals surface area (Å²) < 4.78 is 61.8. The maximum Gasteiger partial charge on any atom is 0.249 e. The van der Waals surface area contributed by atoms with E-state index in [1.807, 2.05) is 4.90 Å². The fourth-order valence-electron chi connectivity index (χ4n) is 5.33. The molecule has 3 N–H and O–H groups in total. The number of rotatable bonds is 10. The molecule has 4 rings (SSSR count). The minimum Gasteiger partial charge on any atom is -0.497 e. The molecule has 1 atom stereocenters. The molecule has 0 radical (unpaired) electrons. The molecule has 1 saturated heterocycles. The summed E-state index contributed by atoms with van der Waals surface area (Å²) in [5.74, 6) is -3.26. The van der Waals surface area contributed by atoms with Crippen molar-refractivity contribution >= 4 is 22.5 Å². The zero-order valence-electron chi connectivity index (χ0n) is 21.9. The van der Waals surface area contributed by atoms with Gasteiger partial charge in [0, 0.05) is 36.8 Å². The number of anilines is 1. The molecule has 7 nitrogen and oxygen atoms in total. The monoisotopic (exact) mass is 548 g/mol. The lowest BCUT2D eigenvalue weighted by Crippen LogP contribution is -2.49. The number of hydrogen-bond acceptors (Lipinski definition) is 6. The smallest absolute Gasteiger partial charge is 0.249 e. The number of methoxy groups -OCH3 is 1. The molecule has 0 spiro atoms. The molecule has 2 aromatic carbocycles. The number of fused-ring (bicyclic) bond motifs is 1. The molecule has 1 aromatic heterocycles. The second kappa shape index (κ2) is 12.2. The standard InChI is InChI=1S/C28H32F4N4O3/c1-17-16-34-23-4-3-19(39-2)15-20(23)25(17)21(30)5-6-28(27(37)35-38)7-10-36(11-8-28)12-9-33-24-14-18(29)13-22(31)26(24)32/h3-4,13-16,21,33,38H,5-12H2,1-2H3,(H,35,37). The maximum absolute atomic E-state index is 15.8. The topological polar surface area (TPSA) is 86.7 Å². The van der Waals surface area contributed by atoms with E-state index in [-0.39, 0.29) is 25.1 Å². The van der Waals surface area contributed by atoms with Gasteiger partial charge in [-0.25, -0.2) is 23.0 Å². The Morgan fingerprint density at radius 1 is 1.21 bits per heavy atom. The summed E-state index contributed by atoms with van der Waals surface area (Å²) in [4.78, 5) is 19.2. The lowest BCUT2D eigenvalue weighted by atomic mass is 9.73. The van der Waals surface area contributed by atoms with Gasteiger partial charge in [-0.3, -0.25) is 15.0 Å². The van der Waals surface area contributed by atoms with Crippen LogP contribution in [0.3, 0.4) is 0 Å². The summed E-state index contributed by atoms with van der Waals surface area (Å²) in [5, 5.41) is 12.8. The number of ether oxygens (including phenoxy) is 1. The normalized spacial score (nSPS) is 16.2. The van der Waals surface area contributed by atoms with E-state index in [0.29, 0.717) is 66.3 Å². The Morgan fingerprint density at radius 3 is 2.64 bits per heavy atom. The molecule has 210 valence electrons. The minimum absolute atomic E-state index is 0.0660. The van der Waals surface area contributed by atoms with Crippen LogP contribution in [0.5, 0.6) is 5.75 Å². The van der Waals surface area contributed by atoms with E-state index in [2.05, 4.69) is 10.3 Å². The maximum atomic E-state index is 15.8. The van der Waals surface area contributed by atoms with E-state index in [9.17, 15) is 23.2 Å². The minimum atomic E-state index is -1.37. The van der Waals surface area contributed by atoms with Crippen LogP contribution in [-0.2, 0) is 4.79 Å². The molecule has 1 fully saturated rings. The van der Waals surface area contributed by atoms with Crippen LogP contribution in [0.2, 0.25) is 0 Å². The lowest BCUT2D eigenvalue weighted by molar-refractivity contribution is -0.143. The number of nitrogens with zero attached hydrogens (tertiary/aromatic N) is 2. The van der Waals surface area contributed by atoms with E-state index in [0.717, 1.165) is 6.07 Å². The number of piperidine rings is 1. The molecule has 3 aromatic rings. The van der Waals surface area contributed by atoms with Crippen LogP contribution in [0, 0.1) is 29.8 Å². The number of likely N-dealkylation sites (tertiary alicyclic amines) is 1. The van der Waals surface area contributed by atoms with Gasteiger partial charge in [0.15, 0.2) is 11.6 Å². The molecule has 1 amide bonds. The third kappa shape index (κ3) is 6.25. The summed E-state index contributed by atoms with van der Waals surface area (Å²) in [6, 6.07) is 6.66. The van der Waals surface area contributed by atoms with Crippen molar-refractivity contribution in [2.45, 2.75) is 38.8 Å². The Labute approximate surface area is 224 Å². The van der Waals surface area contributed by atoms with Gasteiger partial charge in [-0.1, -0.05) is 0 Å². The quantitative estimate of drug-likeness (QED) is 0.135. The molecule has 1 unspecified atom stereocenters. The SMILES string of the molecule is COc1ccc2ncc(C)c(C(F)CCC3(C(=O)NO)CCN(CCNc4cc(F)cc(F)c4F)CC3)c2c1. The molecule has 0 aliphatic carbocycles. The van der Waals surface area contributed by atoms with Gasteiger partial charge < -0.3 is 15.0 Å². The number of nitrogens with one attached hydrogen (secondary N) is 2. The third-order valence-electron chi connectivity index (χ3n) is 7.64. The van der Waals surface area contributed by atoms with Crippen LogP contribution in [-0.4, -0.2) is 54.3 Å². The highest BCUT2D eigenvalue weighted by Gasteiger charge is 2.41. The number of hydroxylamine groups is 1. The summed E-state index contributed by atoms with van der Waals surface area (Å²) >= 11 is 0. The zero-order chi connectivity index (χ0) is 28.2.